The molecule has 6 heteroatoms. The highest BCUT2D eigenvalue weighted by atomic mass is 32.2. The lowest BCUT2D eigenvalue weighted by Gasteiger charge is -2.13. The first-order valence-electron chi connectivity index (χ1n) is 6.84. The van der Waals surface area contributed by atoms with Crippen molar-refractivity contribution in [3.05, 3.63) is 54.2 Å². The fourth-order valence-electron chi connectivity index (χ4n) is 2.15. The van der Waals surface area contributed by atoms with Gasteiger partial charge in [0.15, 0.2) is 0 Å². The molecule has 0 aliphatic rings. The Balaban J connectivity index is 2.02. The molecule has 2 rings (SSSR count). The molecular weight excluding hydrogens is 286 g/mol. The predicted octanol–water partition coefficient (Wildman–Crippen LogP) is 1.75. The summed E-state index contributed by atoms with van der Waals surface area (Å²) in [4.78, 5) is 2.98. The molecule has 0 amide bonds. The third-order valence-corrected chi connectivity index (χ3v) is 4.33. The molecule has 0 saturated heterocycles. The Morgan fingerprint density at radius 1 is 1.19 bits per heavy atom. The normalized spacial score (nSPS) is 12.9. The average molecular weight is 306 g/mol. The van der Waals surface area contributed by atoms with Crippen molar-refractivity contribution in [3.8, 4) is 0 Å². The highest BCUT2D eigenvalue weighted by Gasteiger charge is 2.14. The minimum Gasteiger partial charge on any atom is -0.274 e. The summed E-state index contributed by atoms with van der Waals surface area (Å²) < 4.78 is 22.4. The molecule has 1 heterocycles. The van der Waals surface area contributed by atoms with Crippen LogP contribution in [0.5, 0.6) is 0 Å². The second kappa shape index (κ2) is 6.69. The molecule has 112 valence electrons. The van der Waals surface area contributed by atoms with Gasteiger partial charge in [0, 0.05) is 12.0 Å². The maximum absolute atomic E-state index is 11.2. The van der Waals surface area contributed by atoms with Gasteiger partial charge in [-0.2, -0.15) is 0 Å². The fraction of sp³-hybridized carbons (Fsp3) is 0.267. The SMILES string of the molecule is CC[C@@H](CNc1ccc(S(N)(=O)=O)c[nH+]1)c1ccccc1. The topological polar surface area (TPSA) is 86.3 Å². The molecule has 4 N–H and O–H groups in total. The number of anilines is 1. The van der Waals surface area contributed by atoms with Gasteiger partial charge in [-0.1, -0.05) is 37.3 Å². The van der Waals surface area contributed by atoms with Crippen LogP contribution in [0.1, 0.15) is 24.8 Å². The molecule has 0 fully saturated rings. The summed E-state index contributed by atoms with van der Waals surface area (Å²) in [6.07, 6.45) is 2.41. The van der Waals surface area contributed by atoms with Crippen LogP contribution in [0, 0.1) is 0 Å². The Kier molecular flexibility index (Phi) is 4.93. The van der Waals surface area contributed by atoms with Crippen molar-refractivity contribution in [1.82, 2.24) is 0 Å². The molecule has 5 nitrogen and oxygen atoms in total. The minimum absolute atomic E-state index is 0.0724. The summed E-state index contributed by atoms with van der Waals surface area (Å²) in [7, 11) is -3.66. The molecule has 1 atom stereocenters. The van der Waals surface area contributed by atoms with E-state index in [4.69, 9.17) is 5.14 Å². The lowest BCUT2D eigenvalue weighted by Crippen LogP contribution is -2.20. The fourth-order valence-corrected chi connectivity index (χ4v) is 2.63. The molecule has 0 radical (unpaired) electrons. The number of benzene rings is 1. The smallest absolute Gasteiger partial charge is 0.272 e. The van der Waals surface area contributed by atoms with E-state index in [0.717, 1.165) is 18.8 Å². The average Bonchev–Trinajstić information content (AvgIpc) is 2.48. The largest absolute Gasteiger partial charge is 0.274 e. The van der Waals surface area contributed by atoms with E-state index in [1.807, 2.05) is 18.2 Å². The van der Waals surface area contributed by atoms with E-state index >= 15 is 0 Å². The van der Waals surface area contributed by atoms with Gasteiger partial charge in [0.1, 0.15) is 11.1 Å². The molecule has 21 heavy (non-hydrogen) atoms. The molecular formula is C15H20N3O2S+. The molecule has 0 aliphatic heterocycles. The minimum atomic E-state index is -3.66. The third-order valence-electron chi connectivity index (χ3n) is 3.42. The number of H-pyrrole nitrogens is 1. The number of pyridine rings is 1. The molecule has 1 aromatic carbocycles. The number of nitrogens with two attached hydrogens (primary N) is 1. The number of primary sulfonamides is 1. The van der Waals surface area contributed by atoms with Crippen LogP contribution in [0.25, 0.3) is 0 Å². The molecule has 2 aromatic rings. The number of rotatable bonds is 6. The van der Waals surface area contributed by atoms with E-state index in [1.54, 1.807) is 6.07 Å². The van der Waals surface area contributed by atoms with E-state index in [-0.39, 0.29) is 4.90 Å². The highest BCUT2D eigenvalue weighted by molar-refractivity contribution is 7.89. The Morgan fingerprint density at radius 3 is 2.43 bits per heavy atom. The van der Waals surface area contributed by atoms with Crippen molar-refractivity contribution in [3.63, 3.8) is 0 Å². The van der Waals surface area contributed by atoms with Crippen molar-refractivity contribution in [2.45, 2.75) is 24.2 Å². The van der Waals surface area contributed by atoms with Crippen LogP contribution in [-0.4, -0.2) is 15.0 Å². The standard InChI is InChI=1S/C15H19N3O2S/c1-2-12(13-6-4-3-5-7-13)10-17-15-9-8-14(11-18-15)21(16,19)20/h3-9,11-12H,2,10H2,1H3,(H,17,18)(H2,16,19,20)/p+1/t12-/m0/s1. The van der Waals surface area contributed by atoms with Gasteiger partial charge in [0.2, 0.25) is 10.0 Å². The van der Waals surface area contributed by atoms with Gasteiger partial charge in [-0.25, -0.2) is 18.5 Å². The van der Waals surface area contributed by atoms with E-state index in [2.05, 4.69) is 29.4 Å². The summed E-state index contributed by atoms with van der Waals surface area (Å²) >= 11 is 0. The Bertz CT molecular complexity index is 670. The van der Waals surface area contributed by atoms with Gasteiger partial charge in [-0.15, -0.1) is 0 Å². The zero-order valence-corrected chi connectivity index (χ0v) is 12.7. The summed E-state index contributed by atoms with van der Waals surface area (Å²) in [5.74, 6) is 1.16. The monoisotopic (exact) mass is 306 g/mol. The van der Waals surface area contributed by atoms with Crippen LogP contribution in [0.4, 0.5) is 5.82 Å². The maximum Gasteiger partial charge on any atom is 0.272 e. The summed E-state index contributed by atoms with van der Waals surface area (Å²) in [5.41, 5.74) is 1.29. The molecule has 0 spiro atoms. The second-order valence-electron chi connectivity index (χ2n) is 4.88. The predicted molar refractivity (Wildman–Crippen MR) is 82.3 cm³/mol. The Morgan fingerprint density at radius 2 is 1.90 bits per heavy atom. The zero-order chi connectivity index (χ0) is 15.3. The van der Waals surface area contributed by atoms with Crippen molar-refractivity contribution >= 4 is 15.8 Å². The van der Waals surface area contributed by atoms with Crippen LogP contribution in [-0.2, 0) is 10.0 Å². The lowest BCUT2D eigenvalue weighted by molar-refractivity contribution is -0.364. The number of aromatic nitrogens is 1. The number of aromatic amines is 1. The molecule has 0 aliphatic carbocycles. The number of hydrogen-bond acceptors (Lipinski definition) is 3. The van der Waals surface area contributed by atoms with E-state index in [0.29, 0.717) is 5.92 Å². The lowest BCUT2D eigenvalue weighted by atomic mass is 9.96. The first kappa shape index (κ1) is 15.5. The second-order valence-corrected chi connectivity index (χ2v) is 6.44. The Hall–Kier alpha value is -1.92. The van der Waals surface area contributed by atoms with Crippen molar-refractivity contribution in [2.75, 3.05) is 11.9 Å². The van der Waals surface area contributed by atoms with Gasteiger partial charge in [0.25, 0.3) is 5.82 Å². The van der Waals surface area contributed by atoms with Crippen LogP contribution in [0.15, 0.2) is 53.6 Å². The molecule has 0 saturated carbocycles. The molecule has 0 bridgehead atoms. The van der Waals surface area contributed by atoms with E-state index in [1.165, 1.54) is 17.8 Å². The summed E-state index contributed by atoms with van der Waals surface area (Å²) in [6.45, 7) is 2.92. The van der Waals surface area contributed by atoms with Gasteiger partial charge in [-0.05, 0) is 18.1 Å². The first-order valence-corrected chi connectivity index (χ1v) is 8.38. The van der Waals surface area contributed by atoms with E-state index in [9.17, 15) is 8.42 Å². The number of nitrogens with one attached hydrogen (secondary N) is 2. The summed E-state index contributed by atoms with van der Waals surface area (Å²) in [5, 5.41) is 8.34. The number of sulfonamides is 1. The van der Waals surface area contributed by atoms with Crippen LogP contribution >= 0.6 is 0 Å². The van der Waals surface area contributed by atoms with Gasteiger partial charge >= 0.3 is 0 Å². The van der Waals surface area contributed by atoms with E-state index < -0.39 is 10.0 Å². The third kappa shape index (κ3) is 4.27. The van der Waals surface area contributed by atoms with Crippen LogP contribution in [0.3, 0.4) is 0 Å². The Labute approximate surface area is 125 Å². The van der Waals surface area contributed by atoms with Crippen molar-refractivity contribution < 1.29 is 13.4 Å². The first-order chi connectivity index (χ1) is 10.0. The van der Waals surface area contributed by atoms with Gasteiger partial charge in [0.05, 0.1) is 6.54 Å². The quantitative estimate of drug-likeness (QED) is 0.852. The molecule has 0 unspecified atom stereocenters. The van der Waals surface area contributed by atoms with Crippen molar-refractivity contribution in [1.29, 1.82) is 0 Å². The van der Waals surface area contributed by atoms with Crippen LogP contribution in [0.2, 0.25) is 0 Å². The highest BCUT2D eigenvalue weighted by Crippen LogP contribution is 2.19. The maximum atomic E-state index is 11.2. The molecule has 1 aromatic heterocycles. The number of hydrogen-bond donors (Lipinski definition) is 2. The van der Waals surface area contributed by atoms with Gasteiger partial charge < -0.3 is 0 Å². The summed E-state index contributed by atoms with van der Waals surface area (Å²) in [6, 6.07) is 13.5. The van der Waals surface area contributed by atoms with Crippen molar-refractivity contribution in [2.24, 2.45) is 5.14 Å². The van der Waals surface area contributed by atoms with Crippen LogP contribution < -0.4 is 15.4 Å². The van der Waals surface area contributed by atoms with Gasteiger partial charge in [-0.3, -0.25) is 5.32 Å². The zero-order valence-electron chi connectivity index (χ0n) is 11.9.